The second kappa shape index (κ2) is 8.51. The van der Waals surface area contributed by atoms with Gasteiger partial charge in [0.1, 0.15) is 12.1 Å². The van der Waals surface area contributed by atoms with Gasteiger partial charge in [0.2, 0.25) is 5.91 Å². The summed E-state index contributed by atoms with van der Waals surface area (Å²) in [5.41, 5.74) is 1.75. The molecule has 1 aromatic heterocycles. The van der Waals surface area contributed by atoms with Crippen LogP contribution >= 0.6 is 15.9 Å². The first-order valence-corrected chi connectivity index (χ1v) is 10.7. The monoisotopic (exact) mass is 471 g/mol. The van der Waals surface area contributed by atoms with Gasteiger partial charge in [0, 0.05) is 55.4 Å². The highest BCUT2D eigenvalue weighted by molar-refractivity contribution is 9.10. The van der Waals surface area contributed by atoms with Crippen LogP contribution in [0.1, 0.15) is 39.3 Å². The number of carbonyl (C=O) groups is 3. The molecule has 0 bridgehead atoms. The number of hydrogen-bond acceptors (Lipinski definition) is 6. The number of piperazine rings is 1. The molecule has 0 spiro atoms. The third kappa shape index (κ3) is 4.07. The fourth-order valence-electron chi connectivity index (χ4n) is 3.81. The average Bonchev–Trinajstić information content (AvgIpc) is 2.98. The molecular formula is C21H22BrN5O3. The Hall–Kier alpha value is -2.81. The van der Waals surface area contributed by atoms with E-state index >= 15 is 0 Å². The first kappa shape index (κ1) is 20.5. The maximum Gasteiger partial charge on any atom is 0.261 e. The SMILES string of the molecule is Cc1cc(N2CCN(C(=O)CCCN3C(=O)c4ccc(Br)cc4C3=O)CC2)ncn1. The summed E-state index contributed by atoms with van der Waals surface area (Å²) >= 11 is 3.33. The average molecular weight is 472 g/mol. The first-order valence-electron chi connectivity index (χ1n) is 9.91. The molecule has 30 heavy (non-hydrogen) atoms. The molecule has 2 aromatic rings. The number of anilines is 1. The standard InChI is InChI=1S/C21H22BrN5O3/c1-14-11-18(24-13-23-14)25-7-9-26(10-8-25)19(28)3-2-6-27-20(29)16-5-4-15(22)12-17(16)21(27)30/h4-5,11-13H,2-3,6-10H2,1H3. The van der Waals surface area contributed by atoms with Crippen molar-refractivity contribution in [3.05, 3.63) is 51.9 Å². The third-order valence-corrected chi connectivity index (χ3v) is 5.94. The van der Waals surface area contributed by atoms with Crippen LogP contribution in [0, 0.1) is 6.92 Å². The van der Waals surface area contributed by atoms with E-state index in [-0.39, 0.29) is 24.3 Å². The number of rotatable bonds is 5. The number of aryl methyl sites for hydroxylation is 1. The Morgan fingerprint density at radius 1 is 1.03 bits per heavy atom. The third-order valence-electron chi connectivity index (χ3n) is 5.45. The quantitative estimate of drug-likeness (QED) is 0.621. The summed E-state index contributed by atoms with van der Waals surface area (Å²) in [6.07, 6.45) is 2.32. The predicted molar refractivity (Wildman–Crippen MR) is 114 cm³/mol. The molecule has 0 N–H and O–H groups in total. The van der Waals surface area contributed by atoms with Crippen LogP contribution in [-0.2, 0) is 4.79 Å². The Morgan fingerprint density at radius 3 is 2.50 bits per heavy atom. The molecule has 0 radical (unpaired) electrons. The van der Waals surface area contributed by atoms with E-state index in [4.69, 9.17) is 0 Å². The van der Waals surface area contributed by atoms with Crippen LogP contribution in [-0.4, -0.2) is 70.2 Å². The highest BCUT2D eigenvalue weighted by Crippen LogP contribution is 2.26. The Morgan fingerprint density at radius 2 is 1.77 bits per heavy atom. The van der Waals surface area contributed by atoms with Gasteiger partial charge in [0.15, 0.2) is 0 Å². The van der Waals surface area contributed by atoms with E-state index in [0.29, 0.717) is 37.1 Å². The largest absolute Gasteiger partial charge is 0.353 e. The maximum absolute atomic E-state index is 12.6. The summed E-state index contributed by atoms with van der Waals surface area (Å²) in [5, 5.41) is 0. The van der Waals surface area contributed by atoms with Crippen molar-refractivity contribution in [2.75, 3.05) is 37.6 Å². The molecule has 1 fully saturated rings. The second-order valence-corrected chi connectivity index (χ2v) is 8.36. The van der Waals surface area contributed by atoms with E-state index in [1.807, 2.05) is 17.9 Å². The lowest BCUT2D eigenvalue weighted by Gasteiger charge is -2.35. The number of carbonyl (C=O) groups excluding carboxylic acids is 3. The van der Waals surface area contributed by atoms with Crippen molar-refractivity contribution in [1.82, 2.24) is 19.8 Å². The van der Waals surface area contributed by atoms with Gasteiger partial charge >= 0.3 is 0 Å². The van der Waals surface area contributed by atoms with Crippen molar-refractivity contribution in [2.24, 2.45) is 0 Å². The summed E-state index contributed by atoms with van der Waals surface area (Å²) in [6, 6.07) is 7.01. The number of nitrogens with zero attached hydrogens (tertiary/aromatic N) is 5. The molecule has 3 amide bonds. The lowest BCUT2D eigenvalue weighted by Crippen LogP contribution is -2.49. The van der Waals surface area contributed by atoms with E-state index in [0.717, 1.165) is 29.1 Å². The zero-order chi connectivity index (χ0) is 21.3. The summed E-state index contributed by atoms with van der Waals surface area (Å²) in [4.78, 5) is 51.2. The number of aromatic nitrogens is 2. The molecule has 8 nitrogen and oxygen atoms in total. The summed E-state index contributed by atoms with van der Waals surface area (Å²) in [5.74, 6) is 0.348. The predicted octanol–water partition coefficient (Wildman–Crippen LogP) is 2.27. The molecular weight excluding hydrogens is 450 g/mol. The van der Waals surface area contributed by atoms with E-state index in [9.17, 15) is 14.4 Å². The topological polar surface area (TPSA) is 86.7 Å². The minimum atomic E-state index is -0.294. The fourth-order valence-corrected chi connectivity index (χ4v) is 4.17. The van der Waals surface area contributed by atoms with Crippen molar-refractivity contribution < 1.29 is 14.4 Å². The minimum Gasteiger partial charge on any atom is -0.353 e. The highest BCUT2D eigenvalue weighted by atomic mass is 79.9. The van der Waals surface area contributed by atoms with Gasteiger partial charge in [-0.15, -0.1) is 0 Å². The van der Waals surface area contributed by atoms with Gasteiger partial charge < -0.3 is 9.80 Å². The molecule has 4 rings (SSSR count). The number of hydrogen-bond donors (Lipinski definition) is 0. The second-order valence-electron chi connectivity index (χ2n) is 7.44. The van der Waals surface area contributed by atoms with Crippen LogP contribution in [0.5, 0.6) is 0 Å². The Bertz CT molecular complexity index is 1000. The molecule has 1 saturated heterocycles. The number of imide groups is 1. The van der Waals surface area contributed by atoms with Gasteiger partial charge in [-0.3, -0.25) is 19.3 Å². The lowest BCUT2D eigenvalue weighted by molar-refractivity contribution is -0.131. The molecule has 1 aromatic carbocycles. The number of benzene rings is 1. The zero-order valence-electron chi connectivity index (χ0n) is 16.7. The minimum absolute atomic E-state index is 0.0490. The molecule has 9 heteroatoms. The van der Waals surface area contributed by atoms with Crippen LogP contribution in [0.3, 0.4) is 0 Å². The van der Waals surface area contributed by atoms with Crippen molar-refractivity contribution in [3.8, 4) is 0 Å². The molecule has 3 heterocycles. The molecule has 0 aliphatic carbocycles. The van der Waals surface area contributed by atoms with Gasteiger partial charge in [-0.25, -0.2) is 9.97 Å². The summed E-state index contributed by atoms with van der Waals surface area (Å²) in [6.45, 7) is 4.87. The fraction of sp³-hybridized carbons (Fsp3) is 0.381. The van der Waals surface area contributed by atoms with Crippen LogP contribution < -0.4 is 4.90 Å². The summed E-state index contributed by atoms with van der Waals surface area (Å²) in [7, 11) is 0. The zero-order valence-corrected chi connectivity index (χ0v) is 18.3. The Labute approximate surface area is 183 Å². The molecule has 2 aliphatic heterocycles. The van der Waals surface area contributed by atoms with E-state index in [1.165, 1.54) is 4.90 Å². The molecule has 0 unspecified atom stereocenters. The van der Waals surface area contributed by atoms with Crippen molar-refractivity contribution >= 4 is 39.5 Å². The van der Waals surface area contributed by atoms with Gasteiger partial charge in [0.25, 0.3) is 11.8 Å². The van der Waals surface area contributed by atoms with Gasteiger partial charge in [-0.1, -0.05) is 15.9 Å². The van der Waals surface area contributed by atoms with E-state index in [2.05, 4.69) is 30.8 Å². The Kier molecular flexibility index (Phi) is 5.80. The van der Waals surface area contributed by atoms with Crippen LogP contribution in [0.25, 0.3) is 0 Å². The van der Waals surface area contributed by atoms with Crippen LogP contribution in [0.4, 0.5) is 5.82 Å². The normalized spacial score (nSPS) is 16.3. The van der Waals surface area contributed by atoms with Crippen molar-refractivity contribution in [2.45, 2.75) is 19.8 Å². The molecule has 156 valence electrons. The maximum atomic E-state index is 12.6. The molecule has 2 aliphatic rings. The van der Waals surface area contributed by atoms with Crippen LogP contribution in [0.15, 0.2) is 35.1 Å². The number of halogens is 1. The molecule has 0 atom stereocenters. The van der Waals surface area contributed by atoms with E-state index in [1.54, 1.807) is 24.5 Å². The van der Waals surface area contributed by atoms with Crippen molar-refractivity contribution in [3.63, 3.8) is 0 Å². The van der Waals surface area contributed by atoms with Crippen LogP contribution in [0.2, 0.25) is 0 Å². The van der Waals surface area contributed by atoms with Crippen molar-refractivity contribution in [1.29, 1.82) is 0 Å². The van der Waals surface area contributed by atoms with Gasteiger partial charge in [-0.05, 0) is 31.5 Å². The Balaban J connectivity index is 1.26. The lowest BCUT2D eigenvalue weighted by atomic mass is 10.1. The highest BCUT2D eigenvalue weighted by Gasteiger charge is 2.35. The summed E-state index contributed by atoms with van der Waals surface area (Å²) < 4.78 is 0.760. The molecule has 0 saturated carbocycles. The number of fused-ring (bicyclic) bond motifs is 1. The van der Waals surface area contributed by atoms with Gasteiger partial charge in [0.05, 0.1) is 11.1 Å². The van der Waals surface area contributed by atoms with E-state index < -0.39 is 0 Å². The smallest absolute Gasteiger partial charge is 0.261 e. The van der Waals surface area contributed by atoms with Gasteiger partial charge in [-0.2, -0.15) is 0 Å². The first-order chi connectivity index (χ1) is 14.4. The number of amides is 3.